The summed E-state index contributed by atoms with van der Waals surface area (Å²) in [6, 6.07) is 2.20. The smallest absolute Gasteiger partial charge is 0.236 e. The molecule has 0 saturated carbocycles. The second kappa shape index (κ2) is 8.92. The normalized spacial score (nSPS) is 19.0. The van der Waals surface area contributed by atoms with Gasteiger partial charge in [-0.3, -0.25) is 9.69 Å². The average molecular weight is 265 g/mol. The summed E-state index contributed by atoms with van der Waals surface area (Å²) in [4.78, 5) is 16.4. The highest BCUT2D eigenvalue weighted by Crippen LogP contribution is 2.10. The second-order valence-corrected chi connectivity index (χ2v) is 5.51. The number of carbonyl (C=O) groups is 1. The molecule has 108 valence electrons. The summed E-state index contributed by atoms with van der Waals surface area (Å²) in [6.07, 6.45) is 6.31. The van der Waals surface area contributed by atoms with Crippen LogP contribution in [0.1, 0.15) is 46.0 Å². The number of likely N-dealkylation sites (N-methyl/N-ethyl adjacent to an activating group) is 1. The molecule has 0 N–H and O–H groups in total. The fraction of sp³-hybridized carbons (Fsp3) is 0.867. The lowest BCUT2D eigenvalue weighted by Crippen LogP contribution is -2.42. The van der Waals surface area contributed by atoms with Crippen molar-refractivity contribution in [2.24, 2.45) is 5.92 Å². The van der Waals surface area contributed by atoms with Crippen LogP contribution in [0.3, 0.4) is 0 Å². The van der Waals surface area contributed by atoms with Gasteiger partial charge in [-0.2, -0.15) is 5.26 Å². The fourth-order valence-electron chi connectivity index (χ4n) is 2.54. The highest BCUT2D eigenvalue weighted by atomic mass is 16.2. The third-order valence-corrected chi connectivity index (χ3v) is 3.76. The Balaban J connectivity index is 2.43. The van der Waals surface area contributed by atoms with Gasteiger partial charge in [0.15, 0.2) is 0 Å². The summed E-state index contributed by atoms with van der Waals surface area (Å²) in [6.45, 7) is 7.69. The van der Waals surface area contributed by atoms with Crippen molar-refractivity contribution in [3.8, 4) is 6.07 Å². The molecule has 19 heavy (non-hydrogen) atoms. The van der Waals surface area contributed by atoms with Gasteiger partial charge in [-0.15, -0.1) is 0 Å². The van der Waals surface area contributed by atoms with Crippen LogP contribution in [0, 0.1) is 17.2 Å². The van der Waals surface area contributed by atoms with Crippen LogP contribution in [0.25, 0.3) is 0 Å². The Morgan fingerprint density at radius 1 is 1.26 bits per heavy atom. The lowest BCUT2D eigenvalue weighted by atomic mass is 10.1. The summed E-state index contributed by atoms with van der Waals surface area (Å²) in [7, 11) is 0. The fourth-order valence-corrected chi connectivity index (χ4v) is 2.54. The first-order valence-corrected chi connectivity index (χ1v) is 7.57. The van der Waals surface area contributed by atoms with Crippen LogP contribution in [-0.4, -0.2) is 48.4 Å². The molecule has 1 saturated heterocycles. The molecule has 1 atom stereocenters. The molecule has 1 unspecified atom stereocenters. The maximum atomic E-state index is 12.3. The Bertz CT molecular complexity index is 303. The average Bonchev–Trinajstić information content (AvgIpc) is 2.38. The molecule has 0 aliphatic carbocycles. The zero-order valence-electron chi connectivity index (χ0n) is 12.4. The largest absolute Gasteiger partial charge is 0.341 e. The van der Waals surface area contributed by atoms with Crippen molar-refractivity contribution in [1.29, 1.82) is 5.26 Å². The van der Waals surface area contributed by atoms with Crippen LogP contribution in [0.5, 0.6) is 0 Å². The predicted octanol–water partition coefficient (Wildman–Crippen LogP) is 2.26. The number of nitriles is 1. The Labute approximate surface area is 117 Å². The van der Waals surface area contributed by atoms with Crippen LogP contribution < -0.4 is 0 Å². The zero-order valence-corrected chi connectivity index (χ0v) is 12.4. The van der Waals surface area contributed by atoms with E-state index in [0.717, 1.165) is 13.1 Å². The summed E-state index contributed by atoms with van der Waals surface area (Å²) in [5.74, 6) is 0.0846. The summed E-state index contributed by atoms with van der Waals surface area (Å²) in [5, 5.41) is 8.85. The van der Waals surface area contributed by atoms with Crippen LogP contribution in [-0.2, 0) is 4.79 Å². The molecule has 0 aromatic carbocycles. The first kappa shape index (κ1) is 16.0. The minimum Gasteiger partial charge on any atom is -0.341 e. The summed E-state index contributed by atoms with van der Waals surface area (Å²) in [5.41, 5.74) is 0. The molecule has 4 heteroatoms. The van der Waals surface area contributed by atoms with Crippen molar-refractivity contribution in [3.63, 3.8) is 0 Å². The van der Waals surface area contributed by atoms with Gasteiger partial charge in [0, 0.05) is 13.1 Å². The molecule has 1 aliphatic heterocycles. The Morgan fingerprint density at radius 2 is 1.84 bits per heavy atom. The van der Waals surface area contributed by atoms with E-state index in [9.17, 15) is 4.79 Å². The number of rotatable bonds is 5. The molecule has 0 bridgehead atoms. The Hall–Kier alpha value is -1.08. The molecule has 1 amide bonds. The molecule has 1 rings (SSSR count). The van der Waals surface area contributed by atoms with E-state index in [4.69, 9.17) is 5.26 Å². The van der Waals surface area contributed by atoms with Crippen LogP contribution in [0.2, 0.25) is 0 Å². The Morgan fingerprint density at radius 3 is 2.37 bits per heavy atom. The van der Waals surface area contributed by atoms with E-state index in [1.807, 2.05) is 18.7 Å². The zero-order chi connectivity index (χ0) is 14.1. The van der Waals surface area contributed by atoms with Crippen molar-refractivity contribution in [1.82, 2.24) is 9.80 Å². The molecule has 0 radical (unpaired) electrons. The minimum atomic E-state index is -0.0868. The standard InChI is InChI=1S/C15H27N3O/c1-3-18(12-14(2)11-16)15(19)13-17-9-7-5-4-6-8-10-17/h14H,3-10,12-13H2,1-2H3. The van der Waals surface area contributed by atoms with Gasteiger partial charge in [-0.05, 0) is 39.8 Å². The molecule has 0 spiro atoms. The van der Waals surface area contributed by atoms with Crippen molar-refractivity contribution < 1.29 is 4.79 Å². The topological polar surface area (TPSA) is 47.3 Å². The van der Waals surface area contributed by atoms with E-state index < -0.39 is 0 Å². The van der Waals surface area contributed by atoms with Crippen molar-refractivity contribution >= 4 is 5.91 Å². The number of hydrogen-bond acceptors (Lipinski definition) is 3. The van der Waals surface area contributed by atoms with E-state index >= 15 is 0 Å². The number of nitrogens with zero attached hydrogens (tertiary/aromatic N) is 3. The minimum absolute atomic E-state index is 0.0868. The van der Waals surface area contributed by atoms with Gasteiger partial charge in [-0.25, -0.2) is 0 Å². The lowest BCUT2D eigenvalue weighted by Gasteiger charge is -2.28. The van der Waals surface area contributed by atoms with E-state index in [0.29, 0.717) is 19.6 Å². The molecule has 1 aliphatic rings. The summed E-state index contributed by atoms with van der Waals surface area (Å²) >= 11 is 0. The first-order chi connectivity index (χ1) is 9.17. The monoisotopic (exact) mass is 265 g/mol. The second-order valence-electron chi connectivity index (χ2n) is 5.51. The summed E-state index contributed by atoms with van der Waals surface area (Å²) < 4.78 is 0. The van der Waals surface area contributed by atoms with Gasteiger partial charge in [0.05, 0.1) is 18.5 Å². The van der Waals surface area contributed by atoms with Gasteiger partial charge in [0.2, 0.25) is 5.91 Å². The van der Waals surface area contributed by atoms with Gasteiger partial charge in [0.25, 0.3) is 0 Å². The molecule has 1 fully saturated rings. The van der Waals surface area contributed by atoms with Gasteiger partial charge < -0.3 is 4.90 Å². The van der Waals surface area contributed by atoms with Gasteiger partial charge in [-0.1, -0.05) is 19.3 Å². The van der Waals surface area contributed by atoms with E-state index in [2.05, 4.69) is 11.0 Å². The van der Waals surface area contributed by atoms with E-state index in [1.54, 1.807) is 0 Å². The van der Waals surface area contributed by atoms with E-state index in [-0.39, 0.29) is 11.8 Å². The lowest BCUT2D eigenvalue weighted by molar-refractivity contribution is -0.132. The molecule has 1 heterocycles. The maximum Gasteiger partial charge on any atom is 0.236 e. The highest BCUT2D eigenvalue weighted by molar-refractivity contribution is 5.78. The van der Waals surface area contributed by atoms with Crippen molar-refractivity contribution in [2.75, 3.05) is 32.7 Å². The van der Waals surface area contributed by atoms with Crippen molar-refractivity contribution in [3.05, 3.63) is 0 Å². The number of amides is 1. The Kier molecular flexibility index (Phi) is 7.50. The van der Waals surface area contributed by atoms with Gasteiger partial charge in [0.1, 0.15) is 0 Å². The van der Waals surface area contributed by atoms with Crippen LogP contribution >= 0.6 is 0 Å². The van der Waals surface area contributed by atoms with Gasteiger partial charge >= 0.3 is 0 Å². The number of likely N-dealkylation sites (tertiary alicyclic amines) is 1. The third-order valence-electron chi connectivity index (χ3n) is 3.76. The third kappa shape index (κ3) is 6.07. The molecular weight excluding hydrogens is 238 g/mol. The first-order valence-electron chi connectivity index (χ1n) is 7.57. The van der Waals surface area contributed by atoms with Crippen LogP contribution in [0.15, 0.2) is 0 Å². The van der Waals surface area contributed by atoms with Crippen molar-refractivity contribution in [2.45, 2.75) is 46.0 Å². The number of hydrogen-bond donors (Lipinski definition) is 0. The molecule has 0 aromatic rings. The highest BCUT2D eigenvalue weighted by Gasteiger charge is 2.18. The SMILES string of the molecule is CCN(CC(C)C#N)C(=O)CN1CCCCCCC1. The van der Waals surface area contributed by atoms with Crippen LogP contribution in [0.4, 0.5) is 0 Å². The predicted molar refractivity (Wildman–Crippen MR) is 76.6 cm³/mol. The molecular formula is C15H27N3O. The van der Waals surface area contributed by atoms with E-state index in [1.165, 1.54) is 32.1 Å². The maximum absolute atomic E-state index is 12.3. The molecule has 4 nitrogen and oxygen atoms in total. The molecule has 0 aromatic heterocycles. The number of carbonyl (C=O) groups excluding carboxylic acids is 1. The quantitative estimate of drug-likeness (QED) is 0.766.